The minimum Gasteiger partial charge on any atom is -0.497 e. The number of carbonyl (C=O) groups excluding carboxylic acids is 1. The lowest BCUT2D eigenvalue weighted by Gasteiger charge is -2.07. The van der Waals surface area contributed by atoms with Crippen LogP contribution in [0.2, 0.25) is 0 Å². The lowest BCUT2D eigenvalue weighted by Crippen LogP contribution is -2.21. The molecule has 0 fully saturated rings. The molecule has 0 aliphatic carbocycles. The fraction of sp³-hybridized carbons (Fsp3) is 0.0556. The molecule has 3 aromatic rings. The Morgan fingerprint density at radius 1 is 1.16 bits per heavy atom. The molecule has 1 amide bonds. The van der Waals surface area contributed by atoms with Crippen molar-refractivity contribution in [2.45, 2.75) is 0 Å². The van der Waals surface area contributed by atoms with Gasteiger partial charge in [-0.15, -0.1) is 0 Å². The molecule has 126 valence electrons. The van der Waals surface area contributed by atoms with Crippen LogP contribution in [0.3, 0.4) is 0 Å². The summed E-state index contributed by atoms with van der Waals surface area (Å²) in [6.45, 7) is 0. The molecule has 0 aliphatic rings. The monoisotopic (exact) mass is 339 g/mol. The van der Waals surface area contributed by atoms with Gasteiger partial charge in [-0.1, -0.05) is 6.07 Å². The number of ether oxygens (including phenoxy) is 1. The van der Waals surface area contributed by atoms with Gasteiger partial charge in [-0.05, 0) is 48.5 Å². The number of aromatic amines is 1. The van der Waals surface area contributed by atoms with Gasteiger partial charge in [0.15, 0.2) is 0 Å². The second kappa shape index (κ2) is 6.96. The van der Waals surface area contributed by atoms with Crippen LogP contribution in [0.4, 0.5) is 10.1 Å². The predicted octanol–water partition coefficient (Wildman–Crippen LogP) is 2.84. The number of anilines is 1. The van der Waals surface area contributed by atoms with Gasteiger partial charge in [-0.2, -0.15) is 4.98 Å². The third-order valence-electron chi connectivity index (χ3n) is 3.46. The van der Waals surface area contributed by atoms with Crippen LogP contribution >= 0.6 is 0 Å². The third kappa shape index (κ3) is 3.89. The van der Waals surface area contributed by atoms with Gasteiger partial charge in [0.1, 0.15) is 17.3 Å². The van der Waals surface area contributed by atoms with Gasteiger partial charge in [0, 0.05) is 11.3 Å². The summed E-state index contributed by atoms with van der Waals surface area (Å²) in [7, 11) is 1.55. The van der Waals surface area contributed by atoms with Crippen LogP contribution < -0.4 is 15.7 Å². The maximum atomic E-state index is 13.2. The van der Waals surface area contributed by atoms with E-state index < -0.39 is 17.4 Å². The first-order valence-electron chi connectivity index (χ1n) is 7.38. The summed E-state index contributed by atoms with van der Waals surface area (Å²) in [4.78, 5) is 30.3. The van der Waals surface area contributed by atoms with Crippen LogP contribution in [0, 0.1) is 5.82 Å². The average Bonchev–Trinajstić information content (AvgIpc) is 2.61. The molecule has 7 heteroatoms. The van der Waals surface area contributed by atoms with E-state index in [9.17, 15) is 14.0 Å². The summed E-state index contributed by atoms with van der Waals surface area (Å²) in [5.41, 5.74) is 0.656. The van der Waals surface area contributed by atoms with Gasteiger partial charge in [-0.3, -0.25) is 4.79 Å². The molecule has 25 heavy (non-hydrogen) atoms. The number of aromatic nitrogens is 2. The average molecular weight is 339 g/mol. The summed E-state index contributed by atoms with van der Waals surface area (Å²) in [5.74, 6) is -0.377. The molecule has 1 aromatic heterocycles. The number of nitrogens with one attached hydrogen (secondary N) is 2. The number of carbonyl (C=O) groups is 1. The lowest BCUT2D eigenvalue weighted by atomic mass is 10.1. The van der Waals surface area contributed by atoms with Crippen molar-refractivity contribution in [3.8, 4) is 17.0 Å². The minimum atomic E-state index is -0.655. The quantitative estimate of drug-likeness (QED) is 0.765. The number of H-pyrrole nitrogens is 1. The van der Waals surface area contributed by atoms with Crippen molar-refractivity contribution in [3.63, 3.8) is 0 Å². The number of rotatable bonds is 4. The summed E-state index contributed by atoms with van der Waals surface area (Å²) in [5, 5.41) is 2.53. The topological polar surface area (TPSA) is 84.1 Å². The maximum absolute atomic E-state index is 13.2. The number of benzene rings is 2. The summed E-state index contributed by atoms with van der Waals surface area (Å²) in [6.07, 6.45) is 0. The van der Waals surface area contributed by atoms with E-state index in [4.69, 9.17) is 4.74 Å². The molecule has 0 unspecified atom stereocenters. The van der Waals surface area contributed by atoms with E-state index in [2.05, 4.69) is 15.3 Å². The van der Waals surface area contributed by atoms with Crippen molar-refractivity contribution in [1.29, 1.82) is 0 Å². The van der Waals surface area contributed by atoms with Gasteiger partial charge < -0.3 is 15.0 Å². The van der Waals surface area contributed by atoms with Gasteiger partial charge in [-0.25, -0.2) is 9.18 Å². The molecule has 2 aromatic carbocycles. The molecular weight excluding hydrogens is 325 g/mol. The fourth-order valence-electron chi connectivity index (χ4n) is 2.25. The van der Waals surface area contributed by atoms with Crippen LogP contribution in [0.25, 0.3) is 11.3 Å². The second-order valence-corrected chi connectivity index (χ2v) is 5.18. The Balaban J connectivity index is 1.90. The molecule has 0 saturated carbocycles. The zero-order chi connectivity index (χ0) is 17.8. The van der Waals surface area contributed by atoms with E-state index in [-0.39, 0.29) is 11.4 Å². The van der Waals surface area contributed by atoms with Crippen LogP contribution in [0.1, 0.15) is 10.5 Å². The molecule has 2 N–H and O–H groups in total. The third-order valence-corrected chi connectivity index (χ3v) is 3.46. The van der Waals surface area contributed by atoms with Crippen LogP contribution in [0.15, 0.2) is 59.4 Å². The maximum Gasteiger partial charge on any atom is 0.346 e. The highest BCUT2D eigenvalue weighted by molar-refractivity contribution is 6.03. The van der Waals surface area contributed by atoms with E-state index in [1.165, 1.54) is 24.3 Å². The molecular formula is C18H14FN3O3. The highest BCUT2D eigenvalue weighted by atomic mass is 19.1. The number of methoxy groups -OCH3 is 1. The molecule has 0 bridgehead atoms. The fourth-order valence-corrected chi connectivity index (χ4v) is 2.25. The number of hydrogen-bond acceptors (Lipinski definition) is 4. The smallest absolute Gasteiger partial charge is 0.346 e. The zero-order valence-corrected chi connectivity index (χ0v) is 13.2. The number of nitrogens with zero attached hydrogens (tertiary/aromatic N) is 1. The standard InChI is InChI=1S/C18H14FN3O3/c1-25-14-7-5-11(6-8-14)15-10-16(22-18(24)21-15)17(23)20-13-4-2-3-12(19)9-13/h2-10H,1H3,(H,20,23)(H,21,22,24). The first-order valence-corrected chi connectivity index (χ1v) is 7.38. The van der Waals surface area contributed by atoms with Crippen LogP contribution in [-0.2, 0) is 0 Å². The second-order valence-electron chi connectivity index (χ2n) is 5.18. The molecule has 6 nitrogen and oxygen atoms in total. The zero-order valence-electron chi connectivity index (χ0n) is 13.2. The first-order chi connectivity index (χ1) is 12.0. The molecule has 0 atom stereocenters. The van der Waals surface area contributed by atoms with E-state index in [0.717, 1.165) is 0 Å². The molecule has 0 saturated heterocycles. The lowest BCUT2D eigenvalue weighted by molar-refractivity contribution is 0.102. The normalized spacial score (nSPS) is 10.3. The van der Waals surface area contributed by atoms with Crippen molar-refractivity contribution in [3.05, 3.63) is 76.6 Å². The minimum absolute atomic E-state index is 0.0232. The SMILES string of the molecule is COc1ccc(-c2cc(C(=O)Nc3cccc(F)c3)[nH]c(=O)n2)cc1. The van der Waals surface area contributed by atoms with E-state index in [0.29, 0.717) is 17.0 Å². The van der Waals surface area contributed by atoms with Crippen molar-refractivity contribution < 1.29 is 13.9 Å². The summed E-state index contributed by atoms with van der Waals surface area (Å²) >= 11 is 0. The van der Waals surface area contributed by atoms with Crippen molar-refractivity contribution in [2.24, 2.45) is 0 Å². The van der Waals surface area contributed by atoms with Gasteiger partial charge in [0.2, 0.25) is 0 Å². The van der Waals surface area contributed by atoms with Crippen molar-refractivity contribution in [1.82, 2.24) is 9.97 Å². The summed E-state index contributed by atoms with van der Waals surface area (Å²) in [6, 6.07) is 13.8. The van der Waals surface area contributed by atoms with Crippen LogP contribution in [0.5, 0.6) is 5.75 Å². The Hall–Kier alpha value is -3.48. The van der Waals surface area contributed by atoms with E-state index >= 15 is 0 Å². The van der Waals surface area contributed by atoms with Crippen LogP contribution in [-0.4, -0.2) is 23.0 Å². The number of hydrogen-bond donors (Lipinski definition) is 2. The highest BCUT2D eigenvalue weighted by Crippen LogP contribution is 2.20. The van der Waals surface area contributed by atoms with E-state index in [1.54, 1.807) is 37.4 Å². The molecule has 0 aliphatic heterocycles. The van der Waals surface area contributed by atoms with Crippen molar-refractivity contribution in [2.75, 3.05) is 12.4 Å². The Kier molecular flexibility index (Phi) is 4.56. The predicted molar refractivity (Wildman–Crippen MR) is 91.2 cm³/mol. The van der Waals surface area contributed by atoms with E-state index in [1.807, 2.05) is 0 Å². The Morgan fingerprint density at radius 2 is 1.92 bits per heavy atom. The number of amides is 1. The Labute approximate surface area is 142 Å². The van der Waals surface area contributed by atoms with Gasteiger partial charge in [0.05, 0.1) is 12.8 Å². The highest BCUT2D eigenvalue weighted by Gasteiger charge is 2.11. The molecule has 0 spiro atoms. The number of halogens is 1. The molecule has 3 rings (SSSR count). The summed E-state index contributed by atoms with van der Waals surface area (Å²) < 4.78 is 18.3. The first kappa shape index (κ1) is 16.4. The molecule has 1 heterocycles. The Morgan fingerprint density at radius 3 is 2.60 bits per heavy atom. The molecule has 0 radical (unpaired) electrons. The van der Waals surface area contributed by atoms with Crippen molar-refractivity contribution >= 4 is 11.6 Å². The largest absolute Gasteiger partial charge is 0.497 e. The van der Waals surface area contributed by atoms with Gasteiger partial charge >= 0.3 is 5.69 Å². The Bertz CT molecular complexity index is 968. The van der Waals surface area contributed by atoms with Gasteiger partial charge in [0.25, 0.3) is 5.91 Å².